The number of hydrogen-bond acceptors (Lipinski definition) is 4. The second-order valence-electron chi connectivity index (χ2n) is 5.56. The summed E-state index contributed by atoms with van der Waals surface area (Å²) in [5.74, 6) is 1.11. The maximum Gasteiger partial charge on any atom is 0.323 e. The Morgan fingerprint density at radius 1 is 0.962 bits per heavy atom. The molecule has 0 aliphatic rings. The molecule has 0 saturated heterocycles. The van der Waals surface area contributed by atoms with Gasteiger partial charge in [-0.3, -0.25) is 0 Å². The van der Waals surface area contributed by atoms with Gasteiger partial charge < -0.3 is 15.4 Å². The Bertz CT molecular complexity index is 945. The molecule has 6 heteroatoms. The minimum atomic E-state index is -0.324. The summed E-state index contributed by atoms with van der Waals surface area (Å²) >= 11 is 0. The van der Waals surface area contributed by atoms with Crippen LogP contribution in [0.3, 0.4) is 0 Å². The van der Waals surface area contributed by atoms with E-state index in [0.717, 1.165) is 11.3 Å². The summed E-state index contributed by atoms with van der Waals surface area (Å²) in [4.78, 5) is 15.9. The first-order valence-electron chi connectivity index (χ1n) is 7.91. The highest BCUT2D eigenvalue weighted by molar-refractivity contribution is 5.99. The maximum atomic E-state index is 12.0. The number of carbonyl (C=O) groups is 1. The normalized spacial score (nSPS) is 9.85. The van der Waals surface area contributed by atoms with E-state index >= 15 is 0 Å². The van der Waals surface area contributed by atoms with E-state index in [1.54, 1.807) is 36.4 Å². The smallest absolute Gasteiger partial charge is 0.323 e. The van der Waals surface area contributed by atoms with Crippen molar-refractivity contribution in [2.24, 2.45) is 0 Å². The van der Waals surface area contributed by atoms with Gasteiger partial charge in [-0.2, -0.15) is 5.26 Å². The molecule has 0 unspecified atom stereocenters. The van der Waals surface area contributed by atoms with Crippen molar-refractivity contribution in [3.05, 3.63) is 78.1 Å². The van der Waals surface area contributed by atoms with Gasteiger partial charge in [-0.15, -0.1) is 0 Å². The molecule has 0 bridgehead atoms. The molecule has 2 aromatic carbocycles. The first kappa shape index (κ1) is 17.0. The van der Waals surface area contributed by atoms with E-state index in [-0.39, 0.29) is 11.7 Å². The molecule has 128 valence electrons. The number of amides is 2. The molecule has 1 aromatic heterocycles. The summed E-state index contributed by atoms with van der Waals surface area (Å²) in [6.07, 6.45) is 1.51. The van der Waals surface area contributed by atoms with Crippen molar-refractivity contribution < 1.29 is 9.53 Å². The van der Waals surface area contributed by atoms with Gasteiger partial charge in [-0.05, 0) is 49.4 Å². The molecule has 0 atom stereocenters. The van der Waals surface area contributed by atoms with Crippen molar-refractivity contribution in [3.8, 4) is 17.6 Å². The molecule has 0 radical (unpaired) electrons. The van der Waals surface area contributed by atoms with E-state index in [2.05, 4.69) is 15.6 Å². The molecule has 0 aliphatic carbocycles. The predicted molar refractivity (Wildman–Crippen MR) is 99.3 cm³/mol. The fourth-order valence-corrected chi connectivity index (χ4v) is 2.21. The SMILES string of the molecule is Cc1ccc(NC(=O)Nc2ccc(Oc3ccnc(C#N)c3)cc2)cc1. The largest absolute Gasteiger partial charge is 0.457 e. The van der Waals surface area contributed by atoms with Crippen LogP contribution in [0, 0.1) is 18.3 Å². The van der Waals surface area contributed by atoms with Crippen LogP contribution >= 0.6 is 0 Å². The number of anilines is 2. The number of benzene rings is 2. The van der Waals surface area contributed by atoms with Crippen LogP contribution in [0.15, 0.2) is 66.9 Å². The van der Waals surface area contributed by atoms with Gasteiger partial charge in [0.05, 0.1) is 0 Å². The third-order valence-corrected chi connectivity index (χ3v) is 3.50. The summed E-state index contributed by atoms with van der Waals surface area (Å²) in [5.41, 5.74) is 2.77. The number of ether oxygens (including phenoxy) is 1. The lowest BCUT2D eigenvalue weighted by molar-refractivity contribution is 0.262. The Morgan fingerprint density at radius 2 is 1.58 bits per heavy atom. The van der Waals surface area contributed by atoms with Crippen LogP contribution < -0.4 is 15.4 Å². The lowest BCUT2D eigenvalue weighted by Crippen LogP contribution is -2.19. The fourth-order valence-electron chi connectivity index (χ4n) is 2.21. The number of nitrogens with one attached hydrogen (secondary N) is 2. The highest BCUT2D eigenvalue weighted by Gasteiger charge is 2.04. The average Bonchev–Trinajstić information content (AvgIpc) is 2.65. The van der Waals surface area contributed by atoms with Crippen molar-refractivity contribution in [1.82, 2.24) is 4.98 Å². The van der Waals surface area contributed by atoms with Gasteiger partial charge in [0.1, 0.15) is 23.3 Å². The van der Waals surface area contributed by atoms with Crippen LogP contribution in [0.4, 0.5) is 16.2 Å². The van der Waals surface area contributed by atoms with E-state index in [4.69, 9.17) is 10.00 Å². The zero-order valence-corrected chi connectivity index (χ0v) is 14.1. The van der Waals surface area contributed by atoms with E-state index < -0.39 is 0 Å². The summed E-state index contributed by atoms with van der Waals surface area (Å²) in [6, 6.07) is 19.3. The number of carbonyl (C=O) groups excluding carboxylic acids is 1. The number of nitriles is 1. The molecule has 3 aromatic rings. The predicted octanol–water partition coefficient (Wildman–Crippen LogP) is 4.70. The van der Waals surface area contributed by atoms with Crippen LogP contribution in [0.1, 0.15) is 11.3 Å². The number of urea groups is 1. The van der Waals surface area contributed by atoms with E-state index in [1.165, 1.54) is 6.20 Å². The zero-order chi connectivity index (χ0) is 18.4. The molecule has 0 spiro atoms. The Balaban J connectivity index is 1.59. The quantitative estimate of drug-likeness (QED) is 0.718. The molecular weight excluding hydrogens is 328 g/mol. The minimum Gasteiger partial charge on any atom is -0.457 e. The van der Waals surface area contributed by atoms with Gasteiger partial charge in [0, 0.05) is 23.6 Å². The minimum absolute atomic E-state index is 0.286. The van der Waals surface area contributed by atoms with Crippen LogP contribution in [0.5, 0.6) is 11.5 Å². The van der Waals surface area contributed by atoms with Crippen molar-refractivity contribution in [2.75, 3.05) is 10.6 Å². The average molecular weight is 344 g/mol. The third-order valence-electron chi connectivity index (χ3n) is 3.50. The highest BCUT2D eigenvalue weighted by Crippen LogP contribution is 2.23. The molecule has 26 heavy (non-hydrogen) atoms. The number of aromatic nitrogens is 1. The monoisotopic (exact) mass is 344 g/mol. The summed E-state index contributed by atoms with van der Waals surface area (Å²) in [5, 5.41) is 14.4. The molecule has 0 fully saturated rings. The molecule has 2 amide bonds. The van der Waals surface area contributed by atoms with Gasteiger partial charge in [-0.25, -0.2) is 9.78 Å². The topological polar surface area (TPSA) is 87.0 Å². The van der Waals surface area contributed by atoms with E-state index in [1.807, 2.05) is 37.3 Å². The van der Waals surface area contributed by atoms with Crippen molar-refractivity contribution in [2.45, 2.75) is 6.92 Å². The fraction of sp³-hybridized carbons (Fsp3) is 0.0500. The van der Waals surface area contributed by atoms with Gasteiger partial charge >= 0.3 is 6.03 Å². The second kappa shape index (κ2) is 7.81. The van der Waals surface area contributed by atoms with Crippen molar-refractivity contribution in [1.29, 1.82) is 5.26 Å². The molecular formula is C20H16N4O2. The Kier molecular flexibility index (Phi) is 5.11. The van der Waals surface area contributed by atoms with Gasteiger partial charge in [-0.1, -0.05) is 17.7 Å². The molecule has 6 nitrogen and oxygen atoms in total. The van der Waals surface area contributed by atoms with E-state index in [9.17, 15) is 4.79 Å². The van der Waals surface area contributed by atoms with Gasteiger partial charge in [0.2, 0.25) is 0 Å². The standard InChI is InChI=1S/C20H16N4O2/c1-14-2-4-15(5-3-14)23-20(25)24-16-6-8-18(9-7-16)26-19-10-11-22-17(12-19)13-21/h2-12H,1H3,(H2,23,24,25). The summed E-state index contributed by atoms with van der Waals surface area (Å²) < 4.78 is 5.67. The Morgan fingerprint density at radius 3 is 2.19 bits per heavy atom. The molecule has 1 heterocycles. The zero-order valence-electron chi connectivity index (χ0n) is 14.1. The maximum absolute atomic E-state index is 12.0. The van der Waals surface area contributed by atoms with Crippen molar-refractivity contribution >= 4 is 17.4 Å². The molecule has 2 N–H and O–H groups in total. The van der Waals surface area contributed by atoms with Crippen LogP contribution in [-0.2, 0) is 0 Å². The molecule has 3 rings (SSSR count). The Hall–Kier alpha value is -3.85. The number of rotatable bonds is 4. The van der Waals surface area contributed by atoms with Gasteiger partial charge in [0.15, 0.2) is 0 Å². The number of hydrogen-bond donors (Lipinski definition) is 2. The highest BCUT2D eigenvalue weighted by atomic mass is 16.5. The molecule has 0 aliphatic heterocycles. The van der Waals surface area contributed by atoms with E-state index in [0.29, 0.717) is 17.2 Å². The first-order chi connectivity index (χ1) is 12.6. The number of pyridine rings is 1. The van der Waals surface area contributed by atoms with Crippen LogP contribution in [0.2, 0.25) is 0 Å². The lowest BCUT2D eigenvalue weighted by atomic mass is 10.2. The van der Waals surface area contributed by atoms with Crippen LogP contribution in [0.25, 0.3) is 0 Å². The second-order valence-corrected chi connectivity index (χ2v) is 5.56. The summed E-state index contributed by atoms with van der Waals surface area (Å²) in [7, 11) is 0. The van der Waals surface area contributed by atoms with Gasteiger partial charge in [0.25, 0.3) is 0 Å². The summed E-state index contributed by atoms with van der Waals surface area (Å²) in [6.45, 7) is 1.99. The Labute approximate surface area is 151 Å². The third kappa shape index (κ3) is 4.58. The number of aryl methyl sites for hydroxylation is 1. The molecule has 0 saturated carbocycles. The lowest BCUT2D eigenvalue weighted by Gasteiger charge is -2.09. The van der Waals surface area contributed by atoms with Crippen LogP contribution in [-0.4, -0.2) is 11.0 Å². The van der Waals surface area contributed by atoms with Crippen molar-refractivity contribution in [3.63, 3.8) is 0 Å². The number of nitrogens with zero attached hydrogens (tertiary/aromatic N) is 2. The first-order valence-corrected chi connectivity index (χ1v) is 7.91.